The molecule has 0 amide bonds. The van der Waals surface area contributed by atoms with E-state index in [0.29, 0.717) is 5.56 Å². The molecule has 0 aliphatic rings. The maximum Gasteiger partial charge on any atom is 0.100 e. The first-order valence-electron chi connectivity index (χ1n) is 5.07. The second-order valence-electron chi connectivity index (χ2n) is 3.40. The van der Waals surface area contributed by atoms with E-state index < -0.39 is 0 Å². The lowest BCUT2D eigenvalue weighted by molar-refractivity contribution is 0.609. The summed E-state index contributed by atoms with van der Waals surface area (Å²) in [5, 5.41) is 19.6. The molecule has 2 rings (SSSR count). The van der Waals surface area contributed by atoms with Gasteiger partial charge in [0.15, 0.2) is 0 Å². The maximum atomic E-state index is 8.79. The number of hydrogen-bond donors (Lipinski definition) is 1. The van der Waals surface area contributed by atoms with Crippen molar-refractivity contribution < 1.29 is 0 Å². The number of anilines is 1. The number of rotatable bonds is 4. The smallest absolute Gasteiger partial charge is 0.100 e. The molecule has 0 saturated carbocycles. The summed E-state index contributed by atoms with van der Waals surface area (Å²) in [6, 6.07) is 7.65. The van der Waals surface area contributed by atoms with Crippen molar-refractivity contribution in [3.63, 3.8) is 0 Å². The Labute approximate surface area is 107 Å². The predicted molar refractivity (Wildman–Crippen MR) is 67.4 cm³/mol. The van der Waals surface area contributed by atoms with Gasteiger partial charge in [-0.3, -0.25) is 4.68 Å². The van der Waals surface area contributed by atoms with Crippen molar-refractivity contribution in [2.75, 3.05) is 11.9 Å². The summed E-state index contributed by atoms with van der Waals surface area (Å²) in [7, 11) is 0. The van der Waals surface area contributed by atoms with Gasteiger partial charge in [-0.05, 0) is 34.1 Å². The molecule has 1 aromatic carbocycles. The molecule has 0 spiro atoms. The van der Waals surface area contributed by atoms with Crippen molar-refractivity contribution in [3.05, 3.63) is 40.6 Å². The molecular formula is C11H10BrN5. The summed E-state index contributed by atoms with van der Waals surface area (Å²) in [5.41, 5.74) is 1.60. The molecule has 0 fully saturated rings. The second kappa shape index (κ2) is 5.46. The molecule has 0 atom stereocenters. The first-order chi connectivity index (χ1) is 8.29. The van der Waals surface area contributed by atoms with Crippen LogP contribution in [0.4, 0.5) is 5.69 Å². The highest BCUT2D eigenvalue weighted by Crippen LogP contribution is 2.20. The molecular weight excluding hydrogens is 282 g/mol. The summed E-state index contributed by atoms with van der Waals surface area (Å²) >= 11 is 3.35. The van der Waals surface area contributed by atoms with Crippen LogP contribution >= 0.6 is 15.9 Å². The summed E-state index contributed by atoms with van der Waals surface area (Å²) < 4.78 is 2.55. The SMILES string of the molecule is N#Cc1ccc(NCCn2ccnn2)cc1Br. The second-order valence-corrected chi connectivity index (χ2v) is 4.25. The zero-order valence-corrected chi connectivity index (χ0v) is 10.6. The Balaban J connectivity index is 1.91. The van der Waals surface area contributed by atoms with Gasteiger partial charge in [-0.1, -0.05) is 5.21 Å². The zero-order valence-electron chi connectivity index (χ0n) is 8.97. The lowest BCUT2D eigenvalue weighted by Gasteiger charge is -2.07. The molecule has 1 heterocycles. The van der Waals surface area contributed by atoms with Crippen LogP contribution < -0.4 is 5.32 Å². The Morgan fingerprint density at radius 1 is 1.47 bits per heavy atom. The van der Waals surface area contributed by atoms with E-state index in [9.17, 15) is 0 Å². The highest BCUT2D eigenvalue weighted by atomic mass is 79.9. The van der Waals surface area contributed by atoms with E-state index >= 15 is 0 Å². The minimum atomic E-state index is 0.631. The lowest BCUT2D eigenvalue weighted by Crippen LogP contribution is -2.11. The Kier molecular flexibility index (Phi) is 3.73. The van der Waals surface area contributed by atoms with Gasteiger partial charge in [-0.2, -0.15) is 5.26 Å². The lowest BCUT2D eigenvalue weighted by atomic mass is 10.2. The maximum absolute atomic E-state index is 8.79. The van der Waals surface area contributed by atoms with E-state index in [-0.39, 0.29) is 0 Å². The normalized spacial score (nSPS) is 9.88. The minimum absolute atomic E-state index is 0.631. The average Bonchev–Trinajstić information content (AvgIpc) is 2.82. The summed E-state index contributed by atoms with van der Waals surface area (Å²) in [6.45, 7) is 1.50. The molecule has 0 bridgehead atoms. The number of nitrogens with one attached hydrogen (secondary N) is 1. The predicted octanol–water partition coefficient (Wildman–Crippen LogP) is 2.02. The van der Waals surface area contributed by atoms with Crippen LogP contribution in [0.5, 0.6) is 0 Å². The molecule has 17 heavy (non-hydrogen) atoms. The molecule has 0 radical (unpaired) electrons. The van der Waals surface area contributed by atoms with Crippen LogP contribution in [-0.2, 0) is 6.54 Å². The summed E-state index contributed by atoms with van der Waals surface area (Å²) in [4.78, 5) is 0. The highest BCUT2D eigenvalue weighted by Gasteiger charge is 2.00. The third-order valence-corrected chi connectivity index (χ3v) is 2.89. The Morgan fingerprint density at radius 3 is 3.00 bits per heavy atom. The van der Waals surface area contributed by atoms with Gasteiger partial charge in [0.1, 0.15) is 6.07 Å². The molecule has 1 N–H and O–H groups in total. The first kappa shape index (κ1) is 11.6. The Bertz CT molecular complexity index is 529. The number of aromatic nitrogens is 3. The van der Waals surface area contributed by atoms with Crippen molar-refractivity contribution in [1.29, 1.82) is 5.26 Å². The number of halogens is 1. The first-order valence-corrected chi connectivity index (χ1v) is 5.86. The fourth-order valence-electron chi connectivity index (χ4n) is 1.38. The molecule has 86 valence electrons. The van der Waals surface area contributed by atoms with Gasteiger partial charge in [0.2, 0.25) is 0 Å². The van der Waals surface area contributed by atoms with E-state index in [2.05, 4.69) is 37.6 Å². The van der Waals surface area contributed by atoms with Crippen LogP contribution in [0.3, 0.4) is 0 Å². The van der Waals surface area contributed by atoms with Crippen LogP contribution in [0.2, 0.25) is 0 Å². The van der Waals surface area contributed by atoms with Crippen LogP contribution in [0.25, 0.3) is 0 Å². The van der Waals surface area contributed by atoms with Crippen molar-refractivity contribution in [2.45, 2.75) is 6.54 Å². The molecule has 0 saturated heterocycles. The summed E-state index contributed by atoms with van der Waals surface area (Å²) in [6.07, 6.45) is 3.47. The summed E-state index contributed by atoms with van der Waals surface area (Å²) in [5.74, 6) is 0. The molecule has 1 aromatic heterocycles. The van der Waals surface area contributed by atoms with Crippen molar-refractivity contribution in [2.24, 2.45) is 0 Å². The fourth-order valence-corrected chi connectivity index (χ4v) is 1.85. The molecule has 0 aliphatic heterocycles. The fraction of sp³-hybridized carbons (Fsp3) is 0.182. The standard InChI is InChI=1S/C11H10BrN5/c12-11-7-10(2-1-9(11)8-13)14-3-5-17-6-4-15-16-17/h1-2,4,6-7,14H,3,5H2. The van der Waals surface area contributed by atoms with Gasteiger partial charge in [-0.25, -0.2) is 0 Å². The number of nitrogens with zero attached hydrogens (tertiary/aromatic N) is 4. The highest BCUT2D eigenvalue weighted by molar-refractivity contribution is 9.10. The molecule has 0 aliphatic carbocycles. The van der Waals surface area contributed by atoms with E-state index in [0.717, 1.165) is 23.2 Å². The van der Waals surface area contributed by atoms with Crippen molar-refractivity contribution in [1.82, 2.24) is 15.0 Å². The molecule has 5 nitrogen and oxygen atoms in total. The van der Waals surface area contributed by atoms with Gasteiger partial charge < -0.3 is 5.32 Å². The third-order valence-electron chi connectivity index (χ3n) is 2.23. The number of benzene rings is 1. The van der Waals surface area contributed by atoms with Gasteiger partial charge in [-0.15, -0.1) is 5.10 Å². The zero-order chi connectivity index (χ0) is 12.1. The Morgan fingerprint density at radius 2 is 2.35 bits per heavy atom. The molecule has 6 heteroatoms. The largest absolute Gasteiger partial charge is 0.383 e. The van der Waals surface area contributed by atoms with E-state index in [1.165, 1.54) is 0 Å². The average molecular weight is 292 g/mol. The van der Waals surface area contributed by atoms with Gasteiger partial charge in [0.25, 0.3) is 0 Å². The van der Waals surface area contributed by atoms with Crippen molar-refractivity contribution >= 4 is 21.6 Å². The monoisotopic (exact) mass is 291 g/mol. The van der Waals surface area contributed by atoms with Gasteiger partial charge >= 0.3 is 0 Å². The van der Waals surface area contributed by atoms with E-state index in [1.807, 2.05) is 18.3 Å². The van der Waals surface area contributed by atoms with Gasteiger partial charge in [0.05, 0.1) is 18.3 Å². The topological polar surface area (TPSA) is 66.5 Å². The van der Waals surface area contributed by atoms with Crippen LogP contribution in [0.15, 0.2) is 35.1 Å². The van der Waals surface area contributed by atoms with Gasteiger partial charge in [0, 0.05) is 22.9 Å². The number of nitriles is 1. The quantitative estimate of drug-likeness (QED) is 0.936. The minimum Gasteiger partial charge on any atom is -0.383 e. The third kappa shape index (κ3) is 3.04. The van der Waals surface area contributed by atoms with E-state index in [1.54, 1.807) is 16.9 Å². The Hall–Kier alpha value is -1.87. The van der Waals surface area contributed by atoms with Crippen LogP contribution in [-0.4, -0.2) is 21.5 Å². The molecule has 2 aromatic rings. The number of hydrogen-bond acceptors (Lipinski definition) is 4. The van der Waals surface area contributed by atoms with Crippen LogP contribution in [0.1, 0.15) is 5.56 Å². The van der Waals surface area contributed by atoms with Crippen LogP contribution in [0, 0.1) is 11.3 Å². The van der Waals surface area contributed by atoms with E-state index in [4.69, 9.17) is 5.26 Å². The molecule has 0 unspecified atom stereocenters. The van der Waals surface area contributed by atoms with Crippen molar-refractivity contribution in [3.8, 4) is 6.07 Å².